The second-order valence-corrected chi connectivity index (χ2v) is 4.81. The molecule has 0 fully saturated rings. The largest absolute Gasteiger partial charge is 0.380 e. The standard InChI is InChI=1S/C11H25NO/c1-7-13-8-9(2)12-10(3)11(4,5)6/h9-10,12H,7-8H2,1-6H3. The fraction of sp³-hybridized carbons (Fsp3) is 1.00. The summed E-state index contributed by atoms with van der Waals surface area (Å²) in [5.74, 6) is 0. The van der Waals surface area contributed by atoms with Crippen LogP contribution in [0.15, 0.2) is 0 Å². The Morgan fingerprint density at radius 2 is 1.77 bits per heavy atom. The maximum atomic E-state index is 5.35. The van der Waals surface area contributed by atoms with E-state index in [2.05, 4.69) is 39.9 Å². The molecule has 2 atom stereocenters. The van der Waals surface area contributed by atoms with Crippen molar-refractivity contribution in [1.29, 1.82) is 0 Å². The fourth-order valence-electron chi connectivity index (χ4n) is 1.02. The van der Waals surface area contributed by atoms with E-state index >= 15 is 0 Å². The Morgan fingerprint density at radius 3 is 2.15 bits per heavy atom. The first-order chi connectivity index (χ1) is 5.88. The molecule has 0 aromatic heterocycles. The first kappa shape index (κ1) is 12.9. The van der Waals surface area contributed by atoms with Gasteiger partial charge in [-0.2, -0.15) is 0 Å². The van der Waals surface area contributed by atoms with Crippen LogP contribution in [0.4, 0.5) is 0 Å². The zero-order valence-electron chi connectivity index (χ0n) is 9.98. The molecule has 0 heterocycles. The van der Waals surface area contributed by atoms with Gasteiger partial charge in [-0.05, 0) is 26.2 Å². The van der Waals surface area contributed by atoms with Gasteiger partial charge in [-0.3, -0.25) is 0 Å². The van der Waals surface area contributed by atoms with Crippen molar-refractivity contribution in [3.8, 4) is 0 Å². The maximum Gasteiger partial charge on any atom is 0.0616 e. The average molecular weight is 187 g/mol. The van der Waals surface area contributed by atoms with Crippen molar-refractivity contribution in [3.05, 3.63) is 0 Å². The van der Waals surface area contributed by atoms with Gasteiger partial charge in [0, 0.05) is 18.7 Å². The van der Waals surface area contributed by atoms with E-state index in [9.17, 15) is 0 Å². The van der Waals surface area contributed by atoms with E-state index in [1.807, 2.05) is 6.92 Å². The van der Waals surface area contributed by atoms with Gasteiger partial charge in [0.05, 0.1) is 6.61 Å². The van der Waals surface area contributed by atoms with Crippen LogP contribution in [0.5, 0.6) is 0 Å². The first-order valence-corrected chi connectivity index (χ1v) is 5.21. The molecule has 0 spiro atoms. The molecule has 0 aliphatic rings. The number of ether oxygens (including phenoxy) is 1. The molecule has 0 saturated carbocycles. The number of rotatable bonds is 5. The second-order valence-electron chi connectivity index (χ2n) is 4.81. The zero-order valence-corrected chi connectivity index (χ0v) is 9.98. The third-order valence-electron chi connectivity index (χ3n) is 2.41. The number of hydrogen-bond acceptors (Lipinski definition) is 2. The van der Waals surface area contributed by atoms with E-state index in [1.165, 1.54) is 0 Å². The molecular weight excluding hydrogens is 162 g/mol. The first-order valence-electron chi connectivity index (χ1n) is 5.21. The third kappa shape index (κ3) is 6.05. The third-order valence-corrected chi connectivity index (χ3v) is 2.41. The van der Waals surface area contributed by atoms with Gasteiger partial charge in [0.1, 0.15) is 0 Å². The van der Waals surface area contributed by atoms with Crippen LogP contribution in [0, 0.1) is 5.41 Å². The van der Waals surface area contributed by atoms with Crippen molar-refractivity contribution in [2.45, 2.75) is 53.6 Å². The van der Waals surface area contributed by atoms with Gasteiger partial charge >= 0.3 is 0 Å². The maximum absolute atomic E-state index is 5.35. The van der Waals surface area contributed by atoms with Crippen molar-refractivity contribution < 1.29 is 4.74 Å². The van der Waals surface area contributed by atoms with Crippen LogP contribution in [0.2, 0.25) is 0 Å². The highest BCUT2D eigenvalue weighted by molar-refractivity contribution is 4.78. The normalized spacial score (nSPS) is 17.1. The molecule has 80 valence electrons. The van der Waals surface area contributed by atoms with Gasteiger partial charge < -0.3 is 10.1 Å². The van der Waals surface area contributed by atoms with Crippen LogP contribution >= 0.6 is 0 Å². The summed E-state index contributed by atoms with van der Waals surface area (Å²) in [7, 11) is 0. The van der Waals surface area contributed by atoms with Crippen LogP contribution in [-0.4, -0.2) is 25.3 Å². The van der Waals surface area contributed by atoms with Crippen LogP contribution in [0.3, 0.4) is 0 Å². The lowest BCUT2D eigenvalue weighted by molar-refractivity contribution is 0.116. The zero-order chi connectivity index (χ0) is 10.5. The average Bonchev–Trinajstić information content (AvgIpc) is 1.99. The second kappa shape index (κ2) is 5.61. The Hall–Kier alpha value is -0.0800. The molecule has 2 heteroatoms. The predicted molar refractivity (Wildman–Crippen MR) is 58.0 cm³/mol. The summed E-state index contributed by atoms with van der Waals surface area (Å²) < 4.78 is 5.35. The van der Waals surface area contributed by atoms with Crippen LogP contribution in [0.25, 0.3) is 0 Å². The van der Waals surface area contributed by atoms with E-state index in [0.29, 0.717) is 17.5 Å². The van der Waals surface area contributed by atoms with Gasteiger partial charge in [-0.15, -0.1) is 0 Å². The molecule has 2 unspecified atom stereocenters. The Kier molecular flexibility index (Phi) is 5.57. The van der Waals surface area contributed by atoms with Gasteiger partial charge in [0.15, 0.2) is 0 Å². The Labute approximate surface area is 83.1 Å². The monoisotopic (exact) mass is 187 g/mol. The minimum Gasteiger partial charge on any atom is -0.380 e. The van der Waals surface area contributed by atoms with Crippen LogP contribution in [-0.2, 0) is 4.74 Å². The molecule has 0 aliphatic carbocycles. The molecule has 0 saturated heterocycles. The molecule has 13 heavy (non-hydrogen) atoms. The van der Waals surface area contributed by atoms with E-state index in [4.69, 9.17) is 4.74 Å². The van der Waals surface area contributed by atoms with Crippen LogP contribution < -0.4 is 5.32 Å². The van der Waals surface area contributed by atoms with Gasteiger partial charge in [0.25, 0.3) is 0 Å². The summed E-state index contributed by atoms with van der Waals surface area (Å²) in [5.41, 5.74) is 0.320. The summed E-state index contributed by atoms with van der Waals surface area (Å²) in [4.78, 5) is 0. The van der Waals surface area contributed by atoms with Crippen LogP contribution in [0.1, 0.15) is 41.5 Å². The van der Waals surface area contributed by atoms with Gasteiger partial charge in [-0.1, -0.05) is 20.8 Å². The minimum absolute atomic E-state index is 0.320. The molecular formula is C11H25NO. The molecule has 2 nitrogen and oxygen atoms in total. The topological polar surface area (TPSA) is 21.3 Å². The van der Waals surface area contributed by atoms with Gasteiger partial charge in [-0.25, -0.2) is 0 Å². The van der Waals surface area contributed by atoms with E-state index in [0.717, 1.165) is 13.2 Å². The number of hydrogen-bond donors (Lipinski definition) is 1. The molecule has 0 aromatic rings. The van der Waals surface area contributed by atoms with Crippen molar-refractivity contribution in [1.82, 2.24) is 5.32 Å². The van der Waals surface area contributed by atoms with Crippen molar-refractivity contribution in [2.75, 3.05) is 13.2 Å². The minimum atomic E-state index is 0.320. The summed E-state index contributed by atoms with van der Waals surface area (Å²) in [6.45, 7) is 14.8. The van der Waals surface area contributed by atoms with E-state index in [-0.39, 0.29) is 0 Å². The Morgan fingerprint density at radius 1 is 1.23 bits per heavy atom. The van der Waals surface area contributed by atoms with Crippen molar-refractivity contribution in [3.63, 3.8) is 0 Å². The Bertz CT molecular complexity index is 129. The quantitative estimate of drug-likeness (QED) is 0.714. The molecule has 0 bridgehead atoms. The van der Waals surface area contributed by atoms with Gasteiger partial charge in [0.2, 0.25) is 0 Å². The van der Waals surface area contributed by atoms with E-state index < -0.39 is 0 Å². The summed E-state index contributed by atoms with van der Waals surface area (Å²) >= 11 is 0. The van der Waals surface area contributed by atoms with Crippen molar-refractivity contribution >= 4 is 0 Å². The lowest BCUT2D eigenvalue weighted by Gasteiger charge is -2.31. The van der Waals surface area contributed by atoms with E-state index in [1.54, 1.807) is 0 Å². The summed E-state index contributed by atoms with van der Waals surface area (Å²) in [6.07, 6.45) is 0. The molecule has 0 rings (SSSR count). The molecule has 0 amide bonds. The Balaban J connectivity index is 3.71. The molecule has 0 aliphatic heterocycles. The number of nitrogens with one attached hydrogen (secondary N) is 1. The highest BCUT2D eigenvalue weighted by Crippen LogP contribution is 2.18. The lowest BCUT2D eigenvalue weighted by atomic mass is 9.88. The molecule has 0 aromatic carbocycles. The summed E-state index contributed by atoms with van der Waals surface area (Å²) in [5, 5.41) is 3.53. The smallest absolute Gasteiger partial charge is 0.0616 e. The SMILES string of the molecule is CCOCC(C)NC(C)C(C)(C)C. The highest BCUT2D eigenvalue weighted by Gasteiger charge is 2.20. The summed E-state index contributed by atoms with van der Waals surface area (Å²) in [6, 6.07) is 0.956. The molecule has 1 N–H and O–H groups in total. The fourth-order valence-corrected chi connectivity index (χ4v) is 1.02. The highest BCUT2D eigenvalue weighted by atomic mass is 16.5. The predicted octanol–water partition coefficient (Wildman–Crippen LogP) is 2.44. The molecule has 0 radical (unpaired) electrons. The van der Waals surface area contributed by atoms with Crippen molar-refractivity contribution in [2.24, 2.45) is 5.41 Å². The lowest BCUT2D eigenvalue weighted by Crippen LogP contribution is -2.44.